The molecule has 0 aromatic heterocycles. The molecule has 0 aromatic carbocycles. The van der Waals surface area contributed by atoms with Gasteiger partial charge in [-0.2, -0.15) is 25.3 Å². The number of carboxylic acids is 2. The van der Waals surface area contributed by atoms with Crippen molar-refractivity contribution in [1.82, 2.24) is 0 Å². The second kappa shape index (κ2) is 6.57. The van der Waals surface area contributed by atoms with Gasteiger partial charge in [-0.3, -0.25) is 9.11 Å². The molecule has 0 saturated heterocycles. The minimum absolute atomic E-state index is 0.558. The summed E-state index contributed by atoms with van der Waals surface area (Å²) >= 11 is 0. The molecular formula is C4H6O12S3. The molecule has 0 unspecified atom stereocenters. The summed E-state index contributed by atoms with van der Waals surface area (Å²) in [6.07, 6.45) is 1.12. The van der Waals surface area contributed by atoms with Gasteiger partial charge in [-0.25, -0.2) is 9.59 Å². The van der Waals surface area contributed by atoms with Crippen molar-refractivity contribution in [3.05, 3.63) is 12.2 Å². The maximum Gasteiger partial charge on any atom is 0.406 e. The van der Waals surface area contributed by atoms with E-state index in [0.29, 0.717) is 12.2 Å². The predicted molar refractivity (Wildman–Crippen MR) is 56.4 cm³/mol. The van der Waals surface area contributed by atoms with Crippen LogP contribution in [-0.2, 0) is 35.8 Å². The van der Waals surface area contributed by atoms with E-state index >= 15 is 0 Å². The average molecular weight is 342 g/mol. The van der Waals surface area contributed by atoms with E-state index in [2.05, 4.69) is 0 Å². The third-order valence-electron chi connectivity index (χ3n) is 0.884. The Morgan fingerprint density at radius 3 is 0.947 bits per heavy atom. The van der Waals surface area contributed by atoms with Gasteiger partial charge >= 0.3 is 38.1 Å². The summed E-state index contributed by atoms with van der Waals surface area (Å²) in [5.41, 5.74) is 0. The van der Waals surface area contributed by atoms with E-state index in [4.69, 9.17) is 19.3 Å². The smallest absolute Gasteiger partial charge is 0.406 e. The maximum atomic E-state index is 10.00. The first-order chi connectivity index (χ1) is 8.13. The van der Waals surface area contributed by atoms with Gasteiger partial charge in [0, 0.05) is 12.2 Å². The van der Waals surface area contributed by atoms with Crippen LogP contribution < -0.4 is 0 Å². The van der Waals surface area contributed by atoms with Gasteiger partial charge in [0.25, 0.3) is 0 Å². The molecule has 0 rings (SSSR count). The SMILES string of the molecule is O=C(O)/C=C\C(=O)O.O=S(=O)(O)S(=O)(=O)S(=O)(=O)O. The lowest BCUT2D eigenvalue weighted by molar-refractivity contribution is -0.134. The van der Waals surface area contributed by atoms with E-state index in [-0.39, 0.29) is 0 Å². The zero-order chi connectivity index (χ0) is 16.1. The first-order valence-electron chi connectivity index (χ1n) is 3.46. The highest BCUT2D eigenvalue weighted by Gasteiger charge is 2.40. The van der Waals surface area contributed by atoms with Crippen molar-refractivity contribution in [1.29, 1.82) is 0 Å². The molecular weight excluding hydrogens is 336 g/mol. The number of carboxylic acid groups (broad SMARTS) is 2. The fraction of sp³-hybridized carbons (Fsp3) is 0. The van der Waals surface area contributed by atoms with E-state index in [0.717, 1.165) is 0 Å². The fourth-order valence-corrected chi connectivity index (χ4v) is 3.08. The number of aliphatic carboxylic acids is 2. The molecule has 0 aliphatic carbocycles. The summed E-state index contributed by atoms with van der Waals surface area (Å²) in [5.74, 6) is -2.51. The summed E-state index contributed by atoms with van der Waals surface area (Å²) in [6.45, 7) is 0. The van der Waals surface area contributed by atoms with E-state index in [9.17, 15) is 34.8 Å². The Balaban J connectivity index is 0. The number of hydrogen-bond donors (Lipinski definition) is 4. The highest BCUT2D eigenvalue weighted by molar-refractivity contribution is 8.97. The van der Waals surface area contributed by atoms with Gasteiger partial charge in [0.15, 0.2) is 0 Å². The Morgan fingerprint density at radius 1 is 0.684 bits per heavy atom. The van der Waals surface area contributed by atoms with Gasteiger partial charge in [0.2, 0.25) is 0 Å². The Kier molecular flexibility index (Phi) is 6.84. The molecule has 0 aliphatic rings. The molecule has 0 radical (unpaired) electrons. The van der Waals surface area contributed by atoms with E-state index in [1.54, 1.807) is 0 Å². The van der Waals surface area contributed by atoms with Crippen LogP contribution >= 0.6 is 0 Å². The van der Waals surface area contributed by atoms with Crippen LogP contribution in [0, 0.1) is 0 Å². The normalized spacial score (nSPS) is 12.5. The Morgan fingerprint density at radius 2 is 0.895 bits per heavy atom. The highest BCUT2D eigenvalue weighted by atomic mass is 33.6. The Bertz CT molecular complexity index is 619. The van der Waals surface area contributed by atoms with Gasteiger partial charge < -0.3 is 10.2 Å². The Labute approximate surface area is 105 Å². The van der Waals surface area contributed by atoms with Gasteiger partial charge in [0.1, 0.15) is 0 Å². The van der Waals surface area contributed by atoms with Crippen molar-refractivity contribution in [2.75, 3.05) is 0 Å². The topological polar surface area (TPSA) is 217 Å². The van der Waals surface area contributed by atoms with Crippen LogP contribution in [0.3, 0.4) is 0 Å². The highest BCUT2D eigenvalue weighted by Crippen LogP contribution is 2.06. The molecule has 0 spiro atoms. The molecule has 0 aliphatic heterocycles. The van der Waals surface area contributed by atoms with Crippen molar-refractivity contribution >= 4 is 38.1 Å². The number of carbonyl (C=O) groups is 2. The number of hydrogen-bond acceptors (Lipinski definition) is 8. The standard InChI is InChI=1S/C4H4O4.H2O8S3/c5-3(6)1-2-4(7)8;1-9(2,3)11(7,8)10(4,5)6/h1-2H,(H,5,6)(H,7,8);(H,1,2,3)(H,4,5,6)/b2-1-;. The zero-order valence-corrected chi connectivity index (χ0v) is 10.9. The van der Waals surface area contributed by atoms with Crippen molar-refractivity contribution in [2.24, 2.45) is 0 Å². The van der Waals surface area contributed by atoms with E-state index in [1.807, 2.05) is 0 Å². The van der Waals surface area contributed by atoms with Gasteiger partial charge in [-0.1, -0.05) is 0 Å². The Hall–Kier alpha value is -1.55. The molecule has 0 aromatic rings. The van der Waals surface area contributed by atoms with Gasteiger partial charge in [0.05, 0.1) is 0 Å². The van der Waals surface area contributed by atoms with Crippen LogP contribution in [-0.4, -0.2) is 56.5 Å². The molecule has 0 fully saturated rings. The zero-order valence-electron chi connectivity index (χ0n) is 8.43. The summed E-state index contributed by atoms with van der Waals surface area (Å²) in [7, 11) is -17.6. The van der Waals surface area contributed by atoms with Crippen molar-refractivity contribution in [3.63, 3.8) is 0 Å². The molecule has 0 saturated carbocycles. The van der Waals surface area contributed by atoms with Crippen LogP contribution in [0.1, 0.15) is 0 Å². The van der Waals surface area contributed by atoms with Crippen LogP contribution in [0.5, 0.6) is 0 Å². The third kappa shape index (κ3) is 7.47. The quantitative estimate of drug-likeness (QED) is 0.241. The largest absolute Gasteiger partial charge is 0.478 e. The van der Waals surface area contributed by atoms with Crippen LogP contribution in [0.2, 0.25) is 0 Å². The predicted octanol–water partition coefficient (Wildman–Crippen LogP) is -2.28. The first-order valence-corrected chi connectivity index (χ1v) is 8.86. The minimum Gasteiger partial charge on any atom is -0.478 e. The molecule has 112 valence electrons. The molecule has 0 atom stereocenters. The molecule has 0 bridgehead atoms. The monoisotopic (exact) mass is 342 g/mol. The molecule has 0 heterocycles. The lowest BCUT2D eigenvalue weighted by atomic mass is 10.5. The maximum absolute atomic E-state index is 10.00. The molecule has 12 nitrogen and oxygen atoms in total. The summed E-state index contributed by atoms with van der Waals surface area (Å²) in [4.78, 5) is 19.1. The molecule has 19 heavy (non-hydrogen) atoms. The second-order valence-corrected chi connectivity index (χ2v) is 10.6. The number of rotatable bonds is 4. The minimum atomic E-state index is -5.96. The van der Waals surface area contributed by atoms with Gasteiger partial charge in [-0.05, 0) is 0 Å². The first kappa shape index (κ1) is 19.8. The lowest BCUT2D eigenvalue weighted by Gasteiger charge is -1.93. The van der Waals surface area contributed by atoms with Crippen LogP contribution in [0.25, 0.3) is 0 Å². The summed E-state index contributed by atoms with van der Waals surface area (Å²) < 4.78 is 74.4. The fourth-order valence-electron chi connectivity index (χ4n) is 0.251. The second-order valence-electron chi connectivity index (χ2n) is 2.27. The third-order valence-corrected chi connectivity index (χ3v) is 8.11. The van der Waals surface area contributed by atoms with Crippen molar-refractivity contribution in [3.8, 4) is 0 Å². The lowest BCUT2D eigenvalue weighted by Crippen LogP contribution is -2.22. The van der Waals surface area contributed by atoms with Crippen molar-refractivity contribution in [2.45, 2.75) is 0 Å². The van der Waals surface area contributed by atoms with E-state index < -0.39 is 38.1 Å². The van der Waals surface area contributed by atoms with Crippen LogP contribution in [0.15, 0.2) is 12.2 Å². The van der Waals surface area contributed by atoms with Crippen LogP contribution in [0.4, 0.5) is 0 Å². The molecule has 4 N–H and O–H groups in total. The summed E-state index contributed by atoms with van der Waals surface area (Å²) in [6, 6.07) is 0. The average Bonchev–Trinajstić information content (AvgIpc) is 2.12. The van der Waals surface area contributed by atoms with Gasteiger partial charge in [-0.15, -0.1) is 0 Å². The van der Waals surface area contributed by atoms with Crippen molar-refractivity contribution < 1.29 is 54.2 Å². The molecule has 15 heteroatoms. The molecule has 0 amide bonds. The van der Waals surface area contributed by atoms with E-state index in [1.165, 1.54) is 0 Å². The summed E-state index contributed by atoms with van der Waals surface area (Å²) in [5, 5.41) is 15.6.